The monoisotopic (exact) mass is 515 g/mol. The van der Waals surface area contributed by atoms with E-state index < -0.39 is 0 Å². The molecule has 2 heteroatoms. The zero-order valence-electron chi connectivity index (χ0n) is 23.1. The van der Waals surface area contributed by atoms with E-state index in [1.807, 2.05) is 6.08 Å². The van der Waals surface area contributed by atoms with Crippen molar-refractivity contribution in [3.05, 3.63) is 130 Å². The molecular formula is C36H34ClN. The maximum absolute atomic E-state index is 6.82. The number of hydrogen-bond acceptors (Lipinski definition) is 1. The second kappa shape index (κ2) is 8.75. The first-order chi connectivity index (χ1) is 18.1. The summed E-state index contributed by atoms with van der Waals surface area (Å²) >= 11 is 6.82. The minimum absolute atomic E-state index is 0.0774. The summed E-state index contributed by atoms with van der Waals surface area (Å²) in [7, 11) is 2.16. The van der Waals surface area contributed by atoms with Crippen LogP contribution in [0.2, 0.25) is 0 Å². The normalized spacial score (nSPS) is 19.3. The van der Waals surface area contributed by atoms with Crippen molar-refractivity contribution < 1.29 is 0 Å². The maximum Gasteiger partial charge on any atom is 0.0454 e. The minimum atomic E-state index is -0.127. The molecule has 38 heavy (non-hydrogen) atoms. The van der Waals surface area contributed by atoms with Crippen LogP contribution in [0.25, 0.3) is 27.1 Å². The molecule has 190 valence electrons. The molecule has 1 aliphatic carbocycles. The van der Waals surface area contributed by atoms with E-state index in [0.717, 1.165) is 5.03 Å². The van der Waals surface area contributed by atoms with Gasteiger partial charge in [0.2, 0.25) is 0 Å². The number of nitrogens with zero attached hydrogens (tertiary/aromatic N) is 1. The standard InChI is InChI=1S/C36H34ClN/c1-23-29(35(2,3)30-19-15-24-11-7-9-13-27(24)33(23)30)20-17-26(37)18-22-32-36(4,5)34-28-14-10-8-12-25(28)16-21-31(34)38(32)6/h7-22H,1-6H3/b20-17+,26-18-,32-22-. The molecule has 0 aromatic heterocycles. The zero-order valence-corrected chi connectivity index (χ0v) is 23.8. The van der Waals surface area contributed by atoms with Gasteiger partial charge in [-0.25, -0.2) is 0 Å². The molecule has 0 fully saturated rings. The van der Waals surface area contributed by atoms with Gasteiger partial charge in [-0.2, -0.15) is 0 Å². The van der Waals surface area contributed by atoms with Crippen LogP contribution in [0.15, 0.2) is 113 Å². The van der Waals surface area contributed by atoms with Crippen molar-refractivity contribution in [1.29, 1.82) is 0 Å². The molecule has 6 rings (SSSR count). The smallest absolute Gasteiger partial charge is 0.0454 e. The van der Waals surface area contributed by atoms with Gasteiger partial charge in [-0.05, 0) is 80.6 Å². The molecule has 0 spiro atoms. The van der Waals surface area contributed by atoms with Crippen LogP contribution in [0.3, 0.4) is 0 Å². The van der Waals surface area contributed by atoms with E-state index in [1.54, 1.807) is 0 Å². The molecule has 4 aromatic rings. The summed E-state index contributed by atoms with van der Waals surface area (Å²) in [6.45, 7) is 11.5. The fourth-order valence-corrected chi connectivity index (χ4v) is 6.97. The SMILES string of the molecule is CC1=C(/C=C/C(Cl)=C/C=C2\N(C)c3ccc4ccccc4c3C2(C)C)C(C)(C)c2ccc3ccccc3c21. The largest absolute Gasteiger partial charge is 0.347 e. The summed E-state index contributed by atoms with van der Waals surface area (Å²) in [6, 6.07) is 26.3. The van der Waals surface area contributed by atoms with Gasteiger partial charge in [0.05, 0.1) is 0 Å². The molecule has 0 amide bonds. The first kappa shape index (κ1) is 24.8. The van der Waals surface area contributed by atoms with Gasteiger partial charge >= 0.3 is 0 Å². The Morgan fingerprint density at radius 3 is 2.16 bits per heavy atom. The lowest BCUT2D eigenvalue weighted by Gasteiger charge is -2.24. The van der Waals surface area contributed by atoms with Gasteiger partial charge in [-0.3, -0.25) is 0 Å². The molecule has 1 aliphatic heterocycles. The molecule has 0 unspecified atom stereocenters. The molecule has 4 aromatic carbocycles. The van der Waals surface area contributed by atoms with E-state index in [9.17, 15) is 0 Å². The van der Waals surface area contributed by atoms with Gasteiger partial charge in [-0.15, -0.1) is 0 Å². The number of rotatable bonds is 3. The van der Waals surface area contributed by atoms with Crippen LogP contribution in [0.5, 0.6) is 0 Å². The summed E-state index contributed by atoms with van der Waals surface area (Å²) in [6.07, 6.45) is 8.50. The average Bonchev–Trinajstić information content (AvgIpc) is 3.23. The first-order valence-electron chi connectivity index (χ1n) is 13.4. The lowest BCUT2D eigenvalue weighted by Crippen LogP contribution is -2.22. The lowest BCUT2D eigenvalue weighted by atomic mass is 9.80. The molecule has 1 nitrogen and oxygen atoms in total. The van der Waals surface area contributed by atoms with E-state index in [-0.39, 0.29) is 10.8 Å². The molecule has 0 radical (unpaired) electrons. The number of benzene rings is 4. The van der Waals surface area contributed by atoms with Crippen molar-refractivity contribution in [2.24, 2.45) is 0 Å². The van der Waals surface area contributed by atoms with Crippen LogP contribution in [0.1, 0.15) is 51.3 Å². The summed E-state index contributed by atoms with van der Waals surface area (Å²) in [5.74, 6) is 0. The summed E-state index contributed by atoms with van der Waals surface area (Å²) in [5, 5.41) is 5.93. The Labute approximate surface area is 231 Å². The topological polar surface area (TPSA) is 3.24 Å². The third-order valence-corrected chi connectivity index (χ3v) is 9.01. The molecule has 0 N–H and O–H groups in total. The van der Waals surface area contributed by atoms with Gasteiger partial charge in [0.1, 0.15) is 0 Å². The van der Waals surface area contributed by atoms with Crippen LogP contribution in [0, 0.1) is 0 Å². The minimum Gasteiger partial charge on any atom is -0.347 e. The highest BCUT2D eigenvalue weighted by Gasteiger charge is 2.39. The van der Waals surface area contributed by atoms with Gasteiger partial charge in [0.25, 0.3) is 0 Å². The Morgan fingerprint density at radius 2 is 1.42 bits per heavy atom. The van der Waals surface area contributed by atoms with E-state index in [1.165, 1.54) is 60.8 Å². The average molecular weight is 516 g/mol. The zero-order chi connectivity index (χ0) is 26.8. The Hall–Kier alpha value is -3.55. The second-order valence-electron chi connectivity index (χ2n) is 11.7. The number of anilines is 1. The summed E-state index contributed by atoms with van der Waals surface area (Å²) in [5.41, 5.74) is 9.08. The van der Waals surface area contributed by atoms with Crippen molar-refractivity contribution in [2.45, 2.75) is 45.4 Å². The van der Waals surface area contributed by atoms with Gasteiger partial charge in [0.15, 0.2) is 0 Å². The number of allylic oxidation sites excluding steroid dienone is 8. The van der Waals surface area contributed by atoms with Crippen LogP contribution >= 0.6 is 11.6 Å². The van der Waals surface area contributed by atoms with Gasteiger partial charge in [0, 0.05) is 34.3 Å². The van der Waals surface area contributed by atoms with E-state index in [4.69, 9.17) is 11.6 Å². The molecule has 0 bridgehead atoms. The number of likely N-dealkylation sites (N-methyl/N-ethyl adjacent to an activating group) is 1. The van der Waals surface area contributed by atoms with E-state index >= 15 is 0 Å². The number of halogens is 1. The second-order valence-corrected chi connectivity index (χ2v) is 12.1. The molecule has 2 aliphatic rings. The fourth-order valence-electron chi connectivity index (χ4n) is 6.85. The molecule has 0 saturated heterocycles. The molecular weight excluding hydrogens is 482 g/mol. The van der Waals surface area contributed by atoms with Crippen molar-refractivity contribution in [2.75, 3.05) is 11.9 Å². The fraction of sp³-hybridized carbons (Fsp3) is 0.222. The van der Waals surface area contributed by atoms with Crippen LogP contribution in [-0.4, -0.2) is 7.05 Å². The predicted octanol–water partition coefficient (Wildman–Crippen LogP) is 10.0. The first-order valence-corrected chi connectivity index (χ1v) is 13.8. The third-order valence-electron chi connectivity index (χ3n) is 8.76. The Balaban J connectivity index is 1.35. The molecule has 1 heterocycles. The third kappa shape index (κ3) is 3.60. The highest BCUT2D eigenvalue weighted by atomic mass is 35.5. The summed E-state index contributed by atoms with van der Waals surface area (Å²) < 4.78 is 0. The van der Waals surface area contributed by atoms with Crippen LogP contribution in [0.4, 0.5) is 5.69 Å². The quantitative estimate of drug-likeness (QED) is 0.245. The molecule has 0 saturated carbocycles. The van der Waals surface area contributed by atoms with Crippen molar-refractivity contribution in [3.63, 3.8) is 0 Å². The van der Waals surface area contributed by atoms with Crippen molar-refractivity contribution in [3.8, 4) is 0 Å². The van der Waals surface area contributed by atoms with Crippen LogP contribution in [-0.2, 0) is 10.8 Å². The number of fused-ring (bicyclic) bond motifs is 6. The lowest BCUT2D eigenvalue weighted by molar-refractivity contribution is 0.645. The Morgan fingerprint density at radius 1 is 0.789 bits per heavy atom. The van der Waals surface area contributed by atoms with Crippen molar-refractivity contribution in [1.82, 2.24) is 0 Å². The summed E-state index contributed by atoms with van der Waals surface area (Å²) in [4.78, 5) is 2.31. The van der Waals surface area contributed by atoms with E-state index in [0.29, 0.717) is 0 Å². The predicted molar refractivity (Wildman–Crippen MR) is 166 cm³/mol. The highest BCUT2D eigenvalue weighted by molar-refractivity contribution is 6.31. The van der Waals surface area contributed by atoms with Crippen LogP contribution < -0.4 is 4.90 Å². The number of hydrogen-bond donors (Lipinski definition) is 0. The van der Waals surface area contributed by atoms with Gasteiger partial charge < -0.3 is 4.90 Å². The molecule has 0 atom stereocenters. The Kier molecular flexibility index (Phi) is 5.70. The van der Waals surface area contributed by atoms with Crippen molar-refractivity contribution >= 4 is 44.4 Å². The maximum atomic E-state index is 6.82. The highest BCUT2D eigenvalue weighted by Crippen LogP contribution is 2.51. The van der Waals surface area contributed by atoms with E-state index in [2.05, 4.69) is 138 Å². The Bertz CT molecular complexity index is 1740. The van der Waals surface area contributed by atoms with Gasteiger partial charge in [-0.1, -0.05) is 112 Å².